The molecule has 0 aliphatic heterocycles. The largest absolute Gasteiger partial charge is 0.459 e. The zero-order chi connectivity index (χ0) is 13.1. The number of hydrogen-bond donors (Lipinski definition) is 1. The van der Waals surface area contributed by atoms with Gasteiger partial charge in [-0.3, -0.25) is 4.79 Å². The lowest BCUT2D eigenvalue weighted by atomic mass is 10.1. The van der Waals surface area contributed by atoms with Crippen molar-refractivity contribution >= 4 is 21.9 Å². The number of ether oxygens (including phenoxy) is 1. The van der Waals surface area contributed by atoms with Crippen LogP contribution in [0.15, 0.2) is 28.7 Å². The van der Waals surface area contributed by atoms with Gasteiger partial charge < -0.3 is 10.5 Å². The molecular weight excluding hydrogens is 282 g/mol. The van der Waals surface area contributed by atoms with Crippen LogP contribution in [0, 0.1) is 0 Å². The molecule has 0 heterocycles. The van der Waals surface area contributed by atoms with E-state index in [9.17, 15) is 4.79 Å². The Hall–Kier alpha value is -0.870. The molecule has 0 aliphatic carbocycles. The molecule has 1 aromatic carbocycles. The SMILES string of the molecule is CC(C)(C)OC(=O)C(N)Cc1cccc(Br)c1. The Kier molecular flexibility index (Phi) is 4.71. The monoisotopic (exact) mass is 299 g/mol. The topological polar surface area (TPSA) is 52.3 Å². The van der Waals surface area contributed by atoms with E-state index in [2.05, 4.69) is 15.9 Å². The van der Waals surface area contributed by atoms with Gasteiger partial charge in [-0.15, -0.1) is 0 Å². The Morgan fingerprint density at radius 3 is 2.65 bits per heavy atom. The molecule has 0 radical (unpaired) electrons. The highest BCUT2D eigenvalue weighted by atomic mass is 79.9. The minimum absolute atomic E-state index is 0.363. The van der Waals surface area contributed by atoms with Gasteiger partial charge in [0.1, 0.15) is 11.6 Å². The van der Waals surface area contributed by atoms with Gasteiger partial charge in [-0.1, -0.05) is 28.1 Å². The summed E-state index contributed by atoms with van der Waals surface area (Å²) in [6.07, 6.45) is 0.481. The number of esters is 1. The van der Waals surface area contributed by atoms with Crippen molar-refractivity contribution in [3.8, 4) is 0 Å². The molecule has 0 aliphatic rings. The van der Waals surface area contributed by atoms with Crippen molar-refractivity contribution in [2.45, 2.75) is 38.8 Å². The summed E-state index contributed by atoms with van der Waals surface area (Å²) in [6, 6.07) is 7.12. The molecule has 0 amide bonds. The number of benzene rings is 1. The average molecular weight is 300 g/mol. The van der Waals surface area contributed by atoms with Crippen LogP contribution in [-0.2, 0) is 16.0 Å². The summed E-state index contributed by atoms with van der Waals surface area (Å²) in [4.78, 5) is 11.7. The van der Waals surface area contributed by atoms with Crippen molar-refractivity contribution in [1.29, 1.82) is 0 Å². The first kappa shape index (κ1) is 14.2. The molecule has 0 saturated carbocycles. The minimum atomic E-state index is -0.622. The Morgan fingerprint density at radius 2 is 2.12 bits per heavy atom. The van der Waals surface area contributed by atoms with Crippen LogP contribution in [0.25, 0.3) is 0 Å². The van der Waals surface area contributed by atoms with E-state index in [1.54, 1.807) is 0 Å². The number of hydrogen-bond acceptors (Lipinski definition) is 3. The first-order valence-electron chi connectivity index (χ1n) is 5.51. The molecule has 0 spiro atoms. The van der Waals surface area contributed by atoms with E-state index >= 15 is 0 Å². The van der Waals surface area contributed by atoms with E-state index in [1.165, 1.54) is 0 Å². The molecule has 0 bridgehead atoms. The first-order chi connectivity index (χ1) is 7.78. The second kappa shape index (κ2) is 5.65. The van der Waals surface area contributed by atoms with E-state index in [4.69, 9.17) is 10.5 Å². The molecule has 0 saturated heterocycles. The highest BCUT2D eigenvalue weighted by Crippen LogP contribution is 2.14. The molecule has 94 valence electrons. The van der Waals surface area contributed by atoms with Gasteiger partial charge in [-0.2, -0.15) is 0 Å². The Morgan fingerprint density at radius 1 is 1.47 bits per heavy atom. The van der Waals surface area contributed by atoms with E-state index in [-0.39, 0.29) is 5.97 Å². The van der Waals surface area contributed by atoms with Crippen LogP contribution in [0.1, 0.15) is 26.3 Å². The predicted octanol–water partition coefficient (Wildman–Crippen LogP) is 2.66. The quantitative estimate of drug-likeness (QED) is 0.873. The van der Waals surface area contributed by atoms with Crippen molar-refractivity contribution in [3.63, 3.8) is 0 Å². The molecule has 4 heteroatoms. The van der Waals surface area contributed by atoms with E-state index in [0.717, 1.165) is 10.0 Å². The highest BCUT2D eigenvalue weighted by Gasteiger charge is 2.22. The summed E-state index contributed by atoms with van der Waals surface area (Å²) in [5.74, 6) is -0.363. The Labute approximate surface area is 110 Å². The van der Waals surface area contributed by atoms with Crippen molar-refractivity contribution in [1.82, 2.24) is 0 Å². The summed E-state index contributed by atoms with van der Waals surface area (Å²) in [7, 11) is 0. The second-order valence-corrected chi connectivity index (χ2v) is 5.89. The number of rotatable bonds is 3. The summed E-state index contributed by atoms with van der Waals surface area (Å²) in [5.41, 5.74) is 6.33. The van der Waals surface area contributed by atoms with Gasteiger partial charge in [0.25, 0.3) is 0 Å². The van der Waals surface area contributed by atoms with Crippen LogP contribution in [0.5, 0.6) is 0 Å². The highest BCUT2D eigenvalue weighted by molar-refractivity contribution is 9.10. The fourth-order valence-corrected chi connectivity index (χ4v) is 1.83. The fraction of sp³-hybridized carbons (Fsp3) is 0.462. The first-order valence-corrected chi connectivity index (χ1v) is 6.30. The van der Waals surface area contributed by atoms with Gasteiger partial charge in [0.15, 0.2) is 0 Å². The molecular formula is C13H18BrNO2. The standard InChI is InChI=1S/C13H18BrNO2/c1-13(2,3)17-12(16)11(15)8-9-5-4-6-10(14)7-9/h4-7,11H,8,15H2,1-3H3. The molecule has 0 aromatic heterocycles. The third-order valence-corrected chi connectivity index (χ3v) is 2.55. The summed E-state index contributed by atoms with van der Waals surface area (Å²) < 4.78 is 6.20. The smallest absolute Gasteiger partial charge is 0.323 e. The molecule has 0 fully saturated rings. The zero-order valence-corrected chi connectivity index (χ0v) is 12.0. The number of carbonyl (C=O) groups excluding carboxylic acids is 1. The van der Waals surface area contributed by atoms with Crippen LogP contribution in [0.3, 0.4) is 0 Å². The normalized spacial score (nSPS) is 13.2. The molecule has 1 rings (SSSR count). The lowest BCUT2D eigenvalue weighted by Gasteiger charge is -2.22. The average Bonchev–Trinajstić information content (AvgIpc) is 2.14. The van der Waals surface area contributed by atoms with Gasteiger partial charge in [-0.25, -0.2) is 0 Å². The summed E-state index contributed by atoms with van der Waals surface area (Å²) in [5, 5.41) is 0. The number of carbonyl (C=O) groups is 1. The maximum atomic E-state index is 11.7. The molecule has 3 nitrogen and oxygen atoms in total. The predicted molar refractivity (Wildman–Crippen MR) is 71.7 cm³/mol. The van der Waals surface area contributed by atoms with Crippen LogP contribution in [-0.4, -0.2) is 17.6 Å². The molecule has 2 N–H and O–H groups in total. The Bertz CT molecular complexity index is 399. The van der Waals surface area contributed by atoms with E-state index < -0.39 is 11.6 Å². The summed E-state index contributed by atoms with van der Waals surface area (Å²) >= 11 is 3.38. The van der Waals surface area contributed by atoms with Gasteiger partial charge in [0, 0.05) is 4.47 Å². The van der Waals surface area contributed by atoms with Crippen LogP contribution in [0.2, 0.25) is 0 Å². The van der Waals surface area contributed by atoms with Gasteiger partial charge in [0.2, 0.25) is 0 Å². The zero-order valence-electron chi connectivity index (χ0n) is 10.4. The lowest BCUT2D eigenvalue weighted by molar-refractivity contribution is -0.156. The fourth-order valence-electron chi connectivity index (χ4n) is 1.38. The van der Waals surface area contributed by atoms with Crippen molar-refractivity contribution in [2.24, 2.45) is 5.73 Å². The van der Waals surface area contributed by atoms with E-state index in [0.29, 0.717) is 6.42 Å². The molecule has 1 atom stereocenters. The van der Waals surface area contributed by atoms with Crippen molar-refractivity contribution in [2.75, 3.05) is 0 Å². The van der Waals surface area contributed by atoms with Gasteiger partial charge in [0.05, 0.1) is 0 Å². The van der Waals surface area contributed by atoms with Crippen LogP contribution in [0.4, 0.5) is 0 Å². The number of nitrogens with two attached hydrogens (primary N) is 1. The van der Waals surface area contributed by atoms with Crippen LogP contribution < -0.4 is 5.73 Å². The third-order valence-electron chi connectivity index (χ3n) is 2.05. The molecule has 1 aromatic rings. The van der Waals surface area contributed by atoms with Crippen LogP contribution >= 0.6 is 15.9 Å². The number of halogens is 1. The maximum absolute atomic E-state index is 11.7. The van der Waals surface area contributed by atoms with Gasteiger partial charge in [-0.05, 0) is 44.9 Å². The third kappa shape index (κ3) is 5.33. The second-order valence-electron chi connectivity index (χ2n) is 4.97. The van der Waals surface area contributed by atoms with Crippen molar-refractivity contribution < 1.29 is 9.53 Å². The molecule has 1 unspecified atom stereocenters. The molecule has 17 heavy (non-hydrogen) atoms. The lowest BCUT2D eigenvalue weighted by Crippen LogP contribution is -2.38. The summed E-state index contributed by atoms with van der Waals surface area (Å²) in [6.45, 7) is 5.49. The van der Waals surface area contributed by atoms with Gasteiger partial charge >= 0.3 is 5.97 Å². The minimum Gasteiger partial charge on any atom is -0.459 e. The maximum Gasteiger partial charge on any atom is 0.323 e. The Balaban J connectivity index is 2.60. The van der Waals surface area contributed by atoms with Crippen molar-refractivity contribution in [3.05, 3.63) is 34.3 Å². The van der Waals surface area contributed by atoms with E-state index in [1.807, 2.05) is 45.0 Å².